The summed E-state index contributed by atoms with van der Waals surface area (Å²) in [5, 5.41) is 10.8. The van der Waals surface area contributed by atoms with Gasteiger partial charge in [0.05, 0.1) is 11.3 Å². The number of aromatic nitrogens is 1. The molecule has 30 heavy (non-hydrogen) atoms. The zero-order chi connectivity index (χ0) is 21.8. The van der Waals surface area contributed by atoms with Gasteiger partial charge in [0.15, 0.2) is 0 Å². The predicted molar refractivity (Wildman–Crippen MR) is 119 cm³/mol. The van der Waals surface area contributed by atoms with Crippen LogP contribution in [-0.4, -0.2) is 16.1 Å². The molecule has 0 radical (unpaired) electrons. The van der Waals surface area contributed by atoms with Crippen LogP contribution in [0.3, 0.4) is 0 Å². The van der Waals surface area contributed by atoms with Crippen LogP contribution in [0, 0.1) is 11.7 Å². The zero-order valence-electron chi connectivity index (χ0n) is 16.8. The monoisotopic (exact) mass is 445 g/mol. The van der Waals surface area contributed by atoms with Crippen LogP contribution in [-0.2, 0) is 19.3 Å². The lowest BCUT2D eigenvalue weighted by Crippen LogP contribution is -2.11. The van der Waals surface area contributed by atoms with Gasteiger partial charge < -0.3 is 5.11 Å². The lowest BCUT2D eigenvalue weighted by Gasteiger charge is -2.16. The van der Waals surface area contributed by atoms with Crippen LogP contribution >= 0.6 is 23.2 Å². The molecule has 1 N–H and O–H groups in total. The standard InChI is InChI=1S/C24H22Cl2FNO2/c1-14(2)9-23-19(18-5-3-4-6-21(18)27)13-20(24(29)30)22(28-23)8-7-15-10-16(25)12-17(26)11-15/h3-6,10-14H,7-9H2,1-2H3,(H,29,30). The van der Waals surface area contributed by atoms with Crippen molar-refractivity contribution in [3.63, 3.8) is 0 Å². The maximum Gasteiger partial charge on any atom is 0.337 e. The summed E-state index contributed by atoms with van der Waals surface area (Å²) < 4.78 is 14.5. The summed E-state index contributed by atoms with van der Waals surface area (Å²) in [6.45, 7) is 4.09. The second-order valence-corrected chi connectivity index (χ2v) is 8.51. The predicted octanol–water partition coefficient (Wildman–Crippen LogP) is 6.88. The molecule has 2 aromatic carbocycles. The number of carboxylic acid groups (broad SMARTS) is 1. The lowest BCUT2D eigenvalue weighted by atomic mass is 9.94. The van der Waals surface area contributed by atoms with Gasteiger partial charge in [0, 0.05) is 26.9 Å². The summed E-state index contributed by atoms with van der Waals surface area (Å²) in [5.74, 6) is -1.21. The molecule has 0 aliphatic heterocycles. The Labute approximate surface area is 185 Å². The van der Waals surface area contributed by atoms with Crippen molar-refractivity contribution in [3.8, 4) is 11.1 Å². The maximum absolute atomic E-state index is 14.5. The number of hydrogen-bond acceptors (Lipinski definition) is 2. The number of pyridine rings is 1. The Morgan fingerprint density at radius 3 is 2.27 bits per heavy atom. The average Bonchev–Trinajstić information content (AvgIpc) is 2.65. The van der Waals surface area contributed by atoms with Crippen molar-refractivity contribution in [2.24, 2.45) is 5.92 Å². The minimum absolute atomic E-state index is 0.0777. The van der Waals surface area contributed by atoms with Gasteiger partial charge in [0.1, 0.15) is 5.82 Å². The number of carbonyl (C=O) groups is 1. The van der Waals surface area contributed by atoms with Crippen molar-refractivity contribution < 1.29 is 14.3 Å². The van der Waals surface area contributed by atoms with Gasteiger partial charge >= 0.3 is 5.97 Å². The molecule has 3 aromatic rings. The van der Waals surface area contributed by atoms with Gasteiger partial charge in [-0.15, -0.1) is 0 Å². The Hall–Kier alpha value is -2.43. The van der Waals surface area contributed by atoms with Gasteiger partial charge in [-0.25, -0.2) is 9.18 Å². The van der Waals surface area contributed by atoms with Crippen LogP contribution in [0.4, 0.5) is 4.39 Å². The molecule has 0 atom stereocenters. The minimum atomic E-state index is -1.09. The molecule has 0 saturated carbocycles. The third-order valence-electron chi connectivity index (χ3n) is 4.75. The number of benzene rings is 2. The molecule has 0 fully saturated rings. The van der Waals surface area contributed by atoms with Gasteiger partial charge in [0.25, 0.3) is 0 Å². The van der Waals surface area contributed by atoms with E-state index in [4.69, 9.17) is 28.2 Å². The molecular weight excluding hydrogens is 424 g/mol. The van der Waals surface area contributed by atoms with E-state index < -0.39 is 11.8 Å². The van der Waals surface area contributed by atoms with E-state index in [1.165, 1.54) is 6.07 Å². The lowest BCUT2D eigenvalue weighted by molar-refractivity contribution is 0.0695. The highest BCUT2D eigenvalue weighted by Crippen LogP contribution is 2.30. The average molecular weight is 446 g/mol. The summed E-state index contributed by atoms with van der Waals surface area (Å²) in [7, 11) is 0. The highest BCUT2D eigenvalue weighted by atomic mass is 35.5. The van der Waals surface area contributed by atoms with Crippen molar-refractivity contribution in [2.45, 2.75) is 33.1 Å². The first-order valence-electron chi connectivity index (χ1n) is 9.70. The number of halogens is 3. The molecule has 0 bridgehead atoms. The van der Waals surface area contributed by atoms with E-state index in [1.807, 2.05) is 13.8 Å². The third-order valence-corrected chi connectivity index (χ3v) is 5.19. The molecule has 156 valence electrons. The molecule has 3 nitrogen and oxygen atoms in total. The summed E-state index contributed by atoms with van der Waals surface area (Å²) in [4.78, 5) is 16.7. The smallest absolute Gasteiger partial charge is 0.337 e. The Kier molecular flexibility index (Phi) is 7.11. The second-order valence-electron chi connectivity index (χ2n) is 7.64. The molecule has 0 aliphatic carbocycles. The maximum atomic E-state index is 14.5. The number of nitrogens with zero attached hydrogens (tertiary/aromatic N) is 1. The Balaban J connectivity index is 2.06. The van der Waals surface area contributed by atoms with E-state index in [0.717, 1.165) is 5.56 Å². The first kappa shape index (κ1) is 22.3. The van der Waals surface area contributed by atoms with Crippen molar-refractivity contribution >= 4 is 29.2 Å². The molecule has 3 rings (SSSR count). The van der Waals surface area contributed by atoms with Crippen molar-refractivity contribution in [3.05, 3.63) is 86.9 Å². The number of carboxylic acids is 1. The summed E-state index contributed by atoms with van der Waals surface area (Å²) >= 11 is 12.1. The molecular formula is C24H22Cl2FNO2. The van der Waals surface area contributed by atoms with Gasteiger partial charge in [-0.2, -0.15) is 0 Å². The molecule has 6 heteroatoms. The molecule has 0 unspecified atom stereocenters. The Morgan fingerprint density at radius 2 is 1.67 bits per heavy atom. The largest absolute Gasteiger partial charge is 0.478 e. The fourth-order valence-electron chi connectivity index (χ4n) is 3.44. The van der Waals surface area contributed by atoms with Crippen molar-refractivity contribution in [2.75, 3.05) is 0 Å². The van der Waals surface area contributed by atoms with Crippen molar-refractivity contribution in [1.82, 2.24) is 4.98 Å². The van der Waals surface area contributed by atoms with E-state index in [0.29, 0.717) is 51.8 Å². The fourth-order valence-corrected chi connectivity index (χ4v) is 4.01. The van der Waals surface area contributed by atoms with Crippen LogP contribution in [0.2, 0.25) is 10.0 Å². The minimum Gasteiger partial charge on any atom is -0.478 e. The first-order chi connectivity index (χ1) is 14.2. The highest BCUT2D eigenvalue weighted by Gasteiger charge is 2.20. The van der Waals surface area contributed by atoms with Gasteiger partial charge in [-0.1, -0.05) is 55.2 Å². The van der Waals surface area contributed by atoms with Gasteiger partial charge in [0.2, 0.25) is 0 Å². The normalized spacial score (nSPS) is 11.1. The number of aryl methyl sites for hydroxylation is 2. The van der Waals surface area contributed by atoms with Crippen LogP contribution in [0.5, 0.6) is 0 Å². The van der Waals surface area contributed by atoms with E-state index >= 15 is 0 Å². The molecule has 1 aromatic heterocycles. The third kappa shape index (κ3) is 5.38. The molecule has 0 aliphatic rings. The summed E-state index contributed by atoms with van der Waals surface area (Å²) in [6.07, 6.45) is 1.55. The SMILES string of the molecule is CC(C)Cc1nc(CCc2cc(Cl)cc(Cl)c2)c(C(=O)O)cc1-c1ccccc1F. The molecule has 1 heterocycles. The van der Waals surface area contributed by atoms with Crippen LogP contribution in [0.25, 0.3) is 11.1 Å². The van der Waals surface area contributed by atoms with E-state index in [1.54, 1.807) is 42.5 Å². The van der Waals surface area contributed by atoms with E-state index in [2.05, 4.69) is 0 Å². The van der Waals surface area contributed by atoms with Gasteiger partial charge in [-0.05, 0) is 61.1 Å². The van der Waals surface area contributed by atoms with Crippen LogP contribution in [0.1, 0.15) is 41.2 Å². The van der Waals surface area contributed by atoms with E-state index in [-0.39, 0.29) is 11.5 Å². The Morgan fingerprint density at radius 1 is 1.00 bits per heavy atom. The quantitative estimate of drug-likeness (QED) is 0.431. The topological polar surface area (TPSA) is 50.2 Å². The van der Waals surface area contributed by atoms with Gasteiger partial charge in [-0.3, -0.25) is 4.98 Å². The molecule has 0 spiro atoms. The number of rotatable bonds is 7. The first-order valence-corrected chi connectivity index (χ1v) is 10.5. The molecule has 0 saturated heterocycles. The second kappa shape index (κ2) is 9.59. The number of aromatic carboxylic acids is 1. The number of hydrogen-bond donors (Lipinski definition) is 1. The molecule has 0 amide bonds. The summed E-state index contributed by atoms with van der Waals surface area (Å²) in [5.41, 5.74) is 3.02. The van der Waals surface area contributed by atoms with Crippen LogP contribution in [0.15, 0.2) is 48.5 Å². The Bertz CT molecular complexity index is 1060. The zero-order valence-corrected chi connectivity index (χ0v) is 18.3. The van der Waals surface area contributed by atoms with Crippen molar-refractivity contribution in [1.29, 1.82) is 0 Å². The van der Waals surface area contributed by atoms with Crippen LogP contribution < -0.4 is 0 Å². The van der Waals surface area contributed by atoms with E-state index in [9.17, 15) is 14.3 Å². The summed E-state index contributed by atoms with van der Waals surface area (Å²) in [6, 6.07) is 13.2. The highest BCUT2D eigenvalue weighted by molar-refractivity contribution is 6.34. The fraction of sp³-hybridized carbons (Fsp3) is 0.250.